The molecule has 0 amide bonds. The lowest BCUT2D eigenvalue weighted by Gasteiger charge is -2.33. The van der Waals surface area contributed by atoms with Crippen LogP contribution in [-0.2, 0) is 10.0 Å². The van der Waals surface area contributed by atoms with Gasteiger partial charge in [-0.25, -0.2) is 13.1 Å². The number of halogens is 2. The Morgan fingerprint density at radius 1 is 1.19 bits per heavy atom. The summed E-state index contributed by atoms with van der Waals surface area (Å²) in [6.07, 6.45) is 3.90. The Bertz CT molecular complexity index is 889. The highest BCUT2D eigenvalue weighted by atomic mass is 35.5. The van der Waals surface area contributed by atoms with E-state index in [1.165, 1.54) is 18.3 Å². The Morgan fingerprint density at radius 3 is 2.38 bits per heavy atom. The van der Waals surface area contributed by atoms with Crippen molar-refractivity contribution >= 4 is 33.2 Å². The van der Waals surface area contributed by atoms with Crippen LogP contribution >= 0.6 is 23.2 Å². The van der Waals surface area contributed by atoms with Gasteiger partial charge < -0.3 is 5.11 Å². The lowest BCUT2D eigenvalue weighted by Crippen LogP contribution is -2.42. The molecule has 0 radical (unpaired) electrons. The topological polar surface area (TPSA) is 79.3 Å². The third kappa shape index (κ3) is 4.56. The van der Waals surface area contributed by atoms with Crippen LogP contribution in [0.15, 0.2) is 41.4 Å². The second-order valence-electron chi connectivity index (χ2n) is 6.90. The normalized spacial score (nSPS) is 23.8. The average Bonchev–Trinajstić information content (AvgIpc) is 2.57. The summed E-state index contributed by atoms with van der Waals surface area (Å²) < 4.78 is 27.9. The van der Waals surface area contributed by atoms with Gasteiger partial charge in [-0.2, -0.15) is 0 Å². The van der Waals surface area contributed by atoms with Gasteiger partial charge >= 0.3 is 0 Å². The molecule has 1 aliphatic rings. The summed E-state index contributed by atoms with van der Waals surface area (Å²) in [6, 6.07) is 7.83. The minimum atomic E-state index is -3.62. The van der Waals surface area contributed by atoms with Crippen LogP contribution in [-0.4, -0.2) is 30.2 Å². The Kier molecular flexibility index (Phi) is 5.61. The highest BCUT2D eigenvalue weighted by Crippen LogP contribution is 2.30. The van der Waals surface area contributed by atoms with Crippen LogP contribution in [0.1, 0.15) is 32.6 Å². The summed E-state index contributed by atoms with van der Waals surface area (Å²) in [5, 5.41) is 10.8. The van der Waals surface area contributed by atoms with Crippen molar-refractivity contribution in [2.24, 2.45) is 0 Å². The van der Waals surface area contributed by atoms with Crippen molar-refractivity contribution in [1.82, 2.24) is 9.71 Å². The summed E-state index contributed by atoms with van der Waals surface area (Å²) in [5.74, 6) is 0. The summed E-state index contributed by atoms with van der Waals surface area (Å²) in [4.78, 5) is 4.38. The van der Waals surface area contributed by atoms with Crippen LogP contribution in [0, 0.1) is 0 Å². The molecule has 26 heavy (non-hydrogen) atoms. The molecule has 140 valence electrons. The van der Waals surface area contributed by atoms with Crippen molar-refractivity contribution in [1.29, 1.82) is 0 Å². The molecule has 3 rings (SSSR count). The minimum absolute atomic E-state index is 0.160. The molecule has 5 nitrogen and oxygen atoms in total. The van der Waals surface area contributed by atoms with Crippen molar-refractivity contribution in [3.05, 3.63) is 46.6 Å². The maximum atomic E-state index is 12.6. The van der Waals surface area contributed by atoms with Gasteiger partial charge in [0.25, 0.3) is 0 Å². The molecule has 8 heteroatoms. The fourth-order valence-electron chi connectivity index (χ4n) is 3.06. The van der Waals surface area contributed by atoms with Gasteiger partial charge in [0.2, 0.25) is 10.0 Å². The highest BCUT2D eigenvalue weighted by molar-refractivity contribution is 7.89. The SMILES string of the molecule is CC1(O)CCC(NS(=O)(=O)c2ccc(-c3ncc(Cl)cc3Cl)cc2)CC1. The summed E-state index contributed by atoms with van der Waals surface area (Å²) in [6.45, 7) is 1.78. The lowest BCUT2D eigenvalue weighted by molar-refractivity contribution is 0.0163. The smallest absolute Gasteiger partial charge is 0.240 e. The Balaban J connectivity index is 1.75. The second kappa shape index (κ2) is 7.44. The van der Waals surface area contributed by atoms with E-state index >= 15 is 0 Å². The molecule has 1 aliphatic carbocycles. The predicted octanol–water partition coefficient (Wildman–Crippen LogP) is 4.03. The summed E-state index contributed by atoms with van der Waals surface area (Å²) in [5.41, 5.74) is 0.552. The number of pyridine rings is 1. The molecule has 2 aromatic rings. The van der Waals surface area contributed by atoms with Crippen molar-refractivity contribution in [3.8, 4) is 11.3 Å². The molecule has 0 atom stereocenters. The molecule has 0 unspecified atom stereocenters. The number of nitrogens with one attached hydrogen (secondary N) is 1. The van der Waals surface area contributed by atoms with Gasteiger partial charge in [-0.1, -0.05) is 35.3 Å². The molecule has 1 aromatic heterocycles. The third-order valence-corrected chi connectivity index (χ3v) is 6.66. The monoisotopic (exact) mass is 414 g/mol. The second-order valence-corrected chi connectivity index (χ2v) is 9.46. The summed E-state index contributed by atoms with van der Waals surface area (Å²) >= 11 is 12.0. The molecular formula is C18H20Cl2N2O3S. The number of aromatic nitrogens is 1. The van der Waals surface area contributed by atoms with Gasteiger partial charge in [0, 0.05) is 17.8 Å². The quantitative estimate of drug-likeness (QED) is 0.791. The van der Waals surface area contributed by atoms with Gasteiger partial charge in [0.05, 0.1) is 26.2 Å². The van der Waals surface area contributed by atoms with E-state index in [1.807, 2.05) is 0 Å². The van der Waals surface area contributed by atoms with Crippen LogP contribution in [0.4, 0.5) is 0 Å². The van der Waals surface area contributed by atoms with Gasteiger partial charge in [-0.05, 0) is 50.8 Å². The van der Waals surface area contributed by atoms with Gasteiger partial charge in [0.1, 0.15) is 0 Å². The maximum absolute atomic E-state index is 12.6. The number of rotatable bonds is 4. The molecule has 0 saturated heterocycles. The number of nitrogens with zero attached hydrogens (tertiary/aromatic N) is 1. The van der Waals surface area contributed by atoms with E-state index in [0.717, 1.165) is 0 Å². The minimum Gasteiger partial charge on any atom is -0.390 e. The molecule has 1 heterocycles. The highest BCUT2D eigenvalue weighted by Gasteiger charge is 2.31. The van der Waals surface area contributed by atoms with E-state index in [-0.39, 0.29) is 10.9 Å². The lowest BCUT2D eigenvalue weighted by atomic mass is 9.84. The molecule has 1 aromatic carbocycles. The zero-order valence-electron chi connectivity index (χ0n) is 14.2. The van der Waals surface area contributed by atoms with Crippen LogP contribution in [0.25, 0.3) is 11.3 Å². The van der Waals surface area contributed by atoms with E-state index in [0.29, 0.717) is 47.0 Å². The molecule has 0 bridgehead atoms. The first kappa shape index (κ1) is 19.6. The first-order valence-corrected chi connectivity index (χ1v) is 10.6. The molecule has 1 saturated carbocycles. The van der Waals surface area contributed by atoms with Gasteiger partial charge in [-0.15, -0.1) is 0 Å². The summed E-state index contributed by atoms with van der Waals surface area (Å²) in [7, 11) is -3.62. The number of aliphatic hydroxyl groups is 1. The van der Waals surface area contributed by atoms with Crippen LogP contribution in [0.5, 0.6) is 0 Å². The molecule has 0 aliphatic heterocycles. The first-order valence-electron chi connectivity index (χ1n) is 8.32. The fourth-order valence-corrected chi connectivity index (χ4v) is 4.86. The fraction of sp³-hybridized carbons (Fsp3) is 0.389. The molecule has 1 fully saturated rings. The first-order chi connectivity index (χ1) is 12.2. The van der Waals surface area contributed by atoms with Crippen molar-refractivity contribution in [3.63, 3.8) is 0 Å². The number of hydrogen-bond donors (Lipinski definition) is 2. The van der Waals surface area contributed by atoms with Gasteiger partial charge in [0.15, 0.2) is 0 Å². The van der Waals surface area contributed by atoms with Crippen LogP contribution in [0.2, 0.25) is 10.0 Å². The molecule has 0 spiro atoms. The average molecular weight is 415 g/mol. The van der Waals surface area contributed by atoms with Crippen molar-refractivity contribution in [2.75, 3.05) is 0 Å². The Morgan fingerprint density at radius 2 is 1.81 bits per heavy atom. The van der Waals surface area contributed by atoms with Crippen molar-refractivity contribution in [2.45, 2.75) is 49.1 Å². The van der Waals surface area contributed by atoms with Gasteiger partial charge in [-0.3, -0.25) is 4.98 Å². The van der Waals surface area contributed by atoms with E-state index < -0.39 is 15.6 Å². The van der Waals surface area contributed by atoms with E-state index in [9.17, 15) is 13.5 Å². The van der Waals surface area contributed by atoms with Crippen LogP contribution in [0.3, 0.4) is 0 Å². The standard InChI is InChI=1S/C18H20Cl2N2O3S/c1-18(23)8-6-14(7-9-18)22-26(24,25)15-4-2-12(3-5-15)17-16(20)10-13(19)11-21-17/h2-5,10-11,14,22-23H,6-9H2,1H3. The number of hydrogen-bond acceptors (Lipinski definition) is 4. The zero-order chi connectivity index (χ0) is 18.9. The zero-order valence-corrected chi connectivity index (χ0v) is 16.6. The largest absolute Gasteiger partial charge is 0.390 e. The number of benzene rings is 1. The number of sulfonamides is 1. The maximum Gasteiger partial charge on any atom is 0.240 e. The Hall–Kier alpha value is -1.18. The molecular weight excluding hydrogens is 395 g/mol. The van der Waals surface area contributed by atoms with Crippen molar-refractivity contribution < 1.29 is 13.5 Å². The third-order valence-electron chi connectivity index (χ3n) is 4.63. The van der Waals surface area contributed by atoms with E-state index in [2.05, 4.69) is 9.71 Å². The van der Waals surface area contributed by atoms with E-state index in [1.54, 1.807) is 25.1 Å². The van der Waals surface area contributed by atoms with Crippen LogP contribution < -0.4 is 4.72 Å². The molecule has 2 N–H and O–H groups in total. The Labute approximate surface area is 163 Å². The van der Waals surface area contributed by atoms with E-state index in [4.69, 9.17) is 23.2 Å². The predicted molar refractivity (Wildman–Crippen MR) is 103 cm³/mol.